The Labute approximate surface area is 67.8 Å². The molecule has 0 aromatic rings. The maximum Gasteiger partial charge on any atom is 0.158 e. The van der Waals surface area contributed by atoms with Crippen LogP contribution in [0.4, 0.5) is 0 Å². The zero-order valence-corrected chi connectivity index (χ0v) is 7.18. The lowest BCUT2D eigenvalue weighted by Gasteiger charge is -1.89. The summed E-state index contributed by atoms with van der Waals surface area (Å²) in [4.78, 5) is 11.1. The van der Waals surface area contributed by atoms with Gasteiger partial charge in [0.2, 0.25) is 0 Å². The van der Waals surface area contributed by atoms with E-state index < -0.39 is 0 Å². The van der Waals surface area contributed by atoms with Gasteiger partial charge in [-0.05, 0) is 32.3 Å². The number of hydrogen-bond donors (Lipinski definition) is 0. The molecule has 0 bridgehead atoms. The number of ketones is 1. The molecule has 1 nitrogen and oxygen atoms in total. The van der Waals surface area contributed by atoms with Gasteiger partial charge in [-0.25, -0.2) is 0 Å². The summed E-state index contributed by atoms with van der Waals surface area (Å²) in [7, 11) is 0. The number of hydrogen-bond acceptors (Lipinski definition) is 1. The SMILES string of the molecule is CC(C)=C/C=C1/CCCC1=O. The third-order valence-corrected chi connectivity index (χ3v) is 1.83. The van der Waals surface area contributed by atoms with E-state index in [2.05, 4.69) is 0 Å². The second-order valence-corrected chi connectivity index (χ2v) is 3.21. The molecule has 1 saturated carbocycles. The van der Waals surface area contributed by atoms with Crippen molar-refractivity contribution in [2.45, 2.75) is 33.1 Å². The van der Waals surface area contributed by atoms with E-state index in [0.717, 1.165) is 24.8 Å². The highest BCUT2D eigenvalue weighted by molar-refractivity contribution is 5.97. The van der Waals surface area contributed by atoms with Crippen molar-refractivity contribution < 1.29 is 4.79 Å². The van der Waals surface area contributed by atoms with E-state index in [0.29, 0.717) is 5.78 Å². The van der Waals surface area contributed by atoms with Crippen molar-refractivity contribution in [2.24, 2.45) is 0 Å². The van der Waals surface area contributed by atoms with E-state index in [-0.39, 0.29) is 0 Å². The fraction of sp³-hybridized carbons (Fsp3) is 0.500. The molecular formula is C10H14O. The maximum absolute atomic E-state index is 11.1. The Morgan fingerprint density at radius 3 is 2.55 bits per heavy atom. The molecule has 0 spiro atoms. The number of carbonyl (C=O) groups is 1. The fourth-order valence-electron chi connectivity index (χ4n) is 1.18. The zero-order chi connectivity index (χ0) is 8.27. The average Bonchev–Trinajstić information content (AvgIpc) is 2.31. The molecule has 0 aliphatic heterocycles. The van der Waals surface area contributed by atoms with Crippen LogP contribution in [0.15, 0.2) is 23.3 Å². The average molecular weight is 150 g/mol. The number of rotatable bonds is 1. The molecule has 0 aromatic heterocycles. The molecule has 1 aliphatic carbocycles. The zero-order valence-electron chi connectivity index (χ0n) is 7.18. The van der Waals surface area contributed by atoms with Crippen LogP contribution in [0.5, 0.6) is 0 Å². The quantitative estimate of drug-likeness (QED) is 0.525. The predicted octanol–water partition coefficient (Wildman–Crippen LogP) is 2.63. The van der Waals surface area contributed by atoms with Crippen LogP contribution in [0.1, 0.15) is 33.1 Å². The normalized spacial score (nSPS) is 20.9. The molecule has 0 aromatic carbocycles. The molecule has 0 heterocycles. The van der Waals surface area contributed by atoms with Crippen LogP contribution >= 0.6 is 0 Å². The van der Waals surface area contributed by atoms with E-state index >= 15 is 0 Å². The molecule has 1 aliphatic rings. The highest BCUT2D eigenvalue weighted by Crippen LogP contribution is 2.20. The monoisotopic (exact) mass is 150 g/mol. The van der Waals surface area contributed by atoms with Crippen LogP contribution in [0.2, 0.25) is 0 Å². The first-order valence-corrected chi connectivity index (χ1v) is 4.07. The summed E-state index contributed by atoms with van der Waals surface area (Å²) in [6.07, 6.45) is 6.75. The van der Waals surface area contributed by atoms with E-state index in [1.54, 1.807) is 0 Å². The summed E-state index contributed by atoms with van der Waals surface area (Å²) < 4.78 is 0. The van der Waals surface area contributed by atoms with E-state index in [1.165, 1.54) is 5.57 Å². The van der Waals surface area contributed by atoms with Gasteiger partial charge in [-0.2, -0.15) is 0 Å². The maximum atomic E-state index is 11.1. The van der Waals surface area contributed by atoms with Gasteiger partial charge in [0.15, 0.2) is 5.78 Å². The Kier molecular flexibility index (Phi) is 2.64. The topological polar surface area (TPSA) is 17.1 Å². The summed E-state index contributed by atoms with van der Waals surface area (Å²) >= 11 is 0. The van der Waals surface area contributed by atoms with Gasteiger partial charge < -0.3 is 0 Å². The van der Waals surface area contributed by atoms with Crippen molar-refractivity contribution in [2.75, 3.05) is 0 Å². The first-order chi connectivity index (χ1) is 5.20. The van der Waals surface area contributed by atoms with Gasteiger partial charge in [0.25, 0.3) is 0 Å². The summed E-state index contributed by atoms with van der Waals surface area (Å²) in [5.74, 6) is 0.336. The Morgan fingerprint density at radius 1 is 1.36 bits per heavy atom. The smallest absolute Gasteiger partial charge is 0.158 e. The van der Waals surface area contributed by atoms with Crippen LogP contribution in [-0.2, 0) is 4.79 Å². The summed E-state index contributed by atoms with van der Waals surface area (Å²) in [6, 6.07) is 0. The molecular weight excluding hydrogens is 136 g/mol. The fourth-order valence-corrected chi connectivity index (χ4v) is 1.18. The third-order valence-electron chi connectivity index (χ3n) is 1.83. The minimum absolute atomic E-state index is 0.336. The standard InChI is InChI=1S/C10H14O/c1-8(2)6-7-9-4-3-5-10(9)11/h6-7H,3-5H2,1-2H3/b9-7-. The summed E-state index contributed by atoms with van der Waals surface area (Å²) in [5.41, 5.74) is 2.25. The Morgan fingerprint density at radius 2 is 2.09 bits per heavy atom. The van der Waals surface area contributed by atoms with Gasteiger partial charge in [-0.3, -0.25) is 4.79 Å². The van der Waals surface area contributed by atoms with Crippen LogP contribution in [0, 0.1) is 0 Å². The number of carbonyl (C=O) groups excluding carboxylic acids is 1. The van der Waals surface area contributed by atoms with Crippen molar-refractivity contribution in [3.05, 3.63) is 23.3 Å². The second kappa shape index (κ2) is 3.51. The minimum Gasteiger partial charge on any atom is -0.295 e. The van der Waals surface area contributed by atoms with E-state index in [1.807, 2.05) is 26.0 Å². The van der Waals surface area contributed by atoms with E-state index in [9.17, 15) is 4.79 Å². The molecule has 11 heavy (non-hydrogen) atoms. The minimum atomic E-state index is 0.336. The molecule has 0 saturated heterocycles. The molecule has 1 rings (SSSR count). The van der Waals surface area contributed by atoms with Gasteiger partial charge >= 0.3 is 0 Å². The predicted molar refractivity (Wildman–Crippen MR) is 46.4 cm³/mol. The van der Waals surface area contributed by atoms with Crippen LogP contribution < -0.4 is 0 Å². The highest BCUT2D eigenvalue weighted by atomic mass is 16.1. The molecule has 0 N–H and O–H groups in total. The summed E-state index contributed by atoms with van der Waals surface area (Å²) in [6.45, 7) is 4.08. The lowest BCUT2D eigenvalue weighted by Crippen LogP contribution is -1.89. The molecule has 0 unspecified atom stereocenters. The molecule has 1 heteroatoms. The van der Waals surface area contributed by atoms with Crippen LogP contribution in [0.25, 0.3) is 0 Å². The van der Waals surface area contributed by atoms with E-state index in [4.69, 9.17) is 0 Å². The summed E-state index contributed by atoms with van der Waals surface area (Å²) in [5, 5.41) is 0. The van der Waals surface area contributed by atoms with Gasteiger partial charge in [-0.1, -0.05) is 17.7 Å². The van der Waals surface area contributed by atoms with Gasteiger partial charge in [-0.15, -0.1) is 0 Å². The van der Waals surface area contributed by atoms with Gasteiger partial charge in [0, 0.05) is 6.42 Å². The van der Waals surface area contributed by atoms with Gasteiger partial charge in [0.1, 0.15) is 0 Å². The molecule has 0 atom stereocenters. The molecule has 60 valence electrons. The number of allylic oxidation sites excluding steroid dienone is 4. The van der Waals surface area contributed by atoms with Crippen molar-refractivity contribution in [1.29, 1.82) is 0 Å². The number of Topliss-reactive ketones (excluding diaryl/α,β-unsaturated/α-hetero) is 1. The van der Waals surface area contributed by atoms with Crippen LogP contribution in [-0.4, -0.2) is 5.78 Å². The highest BCUT2D eigenvalue weighted by Gasteiger charge is 2.15. The lowest BCUT2D eigenvalue weighted by atomic mass is 10.2. The van der Waals surface area contributed by atoms with Crippen molar-refractivity contribution in [1.82, 2.24) is 0 Å². The lowest BCUT2D eigenvalue weighted by molar-refractivity contribution is -0.114. The first kappa shape index (κ1) is 8.25. The first-order valence-electron chi connectivity index (χ1n) is 4.07. The van der Waals surface area contributed by atoms with Gasteiger partial charge in [0.05, 0.1) is 0 Å². The molecule has 0 radical (unpaired) electrons. The second-order valence-electron chi connectivity index (χ2n) is 3.21. The Bertz CT molecular complexity index is 217. The van der Waals surface area contributed by atoms with Crippen molar-refractivity contribution in [3.63, 3.8) is 0 Å². The Balaban J connectivity index is 2.66. The largest absolute Gasteiger partial charge is 0.295 e. The van der Waals surface area contributed by atoms with Crippen molar-refractivity contribution in [3.8, 4) is 0 Å². The Hall–Kier alpha value is -0.850. The molecule has 0 amide bonds. The third kappa shape index (κ3) is 2.34. The van der Waals surface area contributed by atoms with Crippen LogP contribution in [0.3, 0.4) is 0 Å². The molecule has 1 fully saturated rings. The van der Waals surface area contributed by atoms with Crippen molar-refractivity contribution >= 4 is 5.78 Å².